The third-order valence-electron chi connectivity index (χ3n) is 8.90. The van der Waals surface area contributed by atoms with Crippen molar-refractivity contribution in [3.8, 4) is 28.3 Å². The highest BCUT2D eigenvalue weighted by molar-refractivity contribution is 7.27. The Morgan fingerprint density at radius 2 is 1.16 bits per heavy atom. The van der Waals surface area contributed by atoms with Crippen molar-refractivity contribution >= 4 is 84.8 Å². The summed E-state index contributed by atoms with van der Waals surface area (Å²) in [7, 11) is 0. The van der Waals surface area contributed by atoms with Gasteiger partial charge in [0, 0.05) is 62.9 Å². The van der Waals surface area contributed by atoms with Crippen molar-refractivity contribution < 1.29 is 0 Å². The number of benzene rings is 6. The van der Waals surface area contributed by atoms with Crippen molar-refractivity contribution in [2.45, 2.75) is 0 Å². The van der Waals surface area contributed by atoms with Gasteiger partial charge in [-0.1, -0.05) is 97.1 Å². The van der Waals surface area contributed by atoms with Gasteiger partial charge >= 0.3 is 0 Å². The van der Waals surface area contributed by atoms with E-state index < -0.39 is 0 Å². The summed E-state index contributed by atoms with van der Waals surface area (Å²) >= 11 is 3.72. The number of hydrogen-bond acceptors (Lipinski definition) is 4. The van der Waals surface area contributed by atoms with Crippen molar-refractivity contribution in [2.75, 3.05) is 0 Å². The maximum absolute atomic E-state index is 5.20. The topological polar surface area (TPSA) is 30.7 Å². The zero-order valence-electron chi connectivity index (χ0n) is 23.9. The van der Waals surface area contributed by atoms with Crippen LogP contribution in [0.5, 0.6) is 0 Å². The highest BCUT2D eigenvalue weighted by Gasteiger charge is 2.19. The van der Waals surface area contributed by atoms with Crippen molar-refractivity contribution in [1.82, 2.24) is 14.5 Å². The van der Waals surface area contributed by atoms with Gasteiger partial charge in [0.05, 0.1) is 16.7 Å². The van der Waals surface area contributed by atoms with Crippen LogP contribution in [-0.4, -0.2) is 14.5 Å². The maximum Gasteiger partial charge on any atom is 0.235 e. The molecule has 10 aromatic rings. The Morgan fingerprint density at radius 1 is 0.489 bits per heavy atom. The van der Waals surface area contributed by atoms with Gasteiger partial charge in [0.2, 0.25) is 5.95 Å². The highest BCUT2D eigenvalue weighted by Crippen LogP contribution is 2.43. The molecule has 0 aliphatic heterocycles. The normalized spacial score (nSPS) is 12.0. The van der Waals surface area contributed by atoms with Crippen LogP contribution in [0, 0.1) is 0 Å². The summed E-state index contributed by atoms with van der Waals surface area (Å²) in [5, 5.41) is 7.71. The van der Waals surface area contributed by atoms with E-state index in [-0.39, 0.29) is 0 Å². The molecule has 0 bridgehead atoms. The van der Waals surface area contributed by atoms with E-state index in [1.54, 1.807) is 0 Å². The van der Waals surface area contributed by atoms with Crippen LogP contribution >= 0.6 is 22.7 Å². The van der Waals surface area contributed by atoms with Crippen molar-refractivity contribution in [3.05, 3.63) is 140 Å². The predicted molar refractivity (Wildman–Crippen MR) is 193 cm³/mol. The number of aromatic nitrogens is 3. The highest BCUT2D eigenvalue weighted by atomic mass is 32.1. The first kappa shape index (κ1) is 25.0. The molecule has 0 aliphatic carbocycles. The quantitative estimate of drug-likeness (QED) is 0.199. The van der Waals surface area contributed by atoms with Gasteiger partial charge in [0.15, 0.2) is 0 Å². The smallest absolute Gasteiger partial charge is 0.235 e. The molecule has 0 atom stereocenters. The molecule has 0 fully saturated rings. The van der Waals surface area contributed by atoms with Gasteiger partial charge in [0.25, 0.3) is 0 Å². The minimum Gasteiger partial charge on any atom is -0.278 e. The lowest BCUT2D eigenvalue weighted by atomic mass is 10.00. The molecule has 3 nitrogen and oxygen atoms in total. The molecule has 5 heteroatoms. The van der Waals surface area contributed by atoms with E-state index in [2.05, 4.69) is 132 Å². The fourth-order valence-corrected chi connectivity index (χ4v) is 9.39. The summed E-state index contributed by atoms with van der Waals surface area (Å²) < 4.78 is 7.47. The molecule has 45 heavy (non-hydrogen) atoms. The van der Waals surface area contributed by atoms with Gasteiger partial charge in [0.1, 0.15) is 0 Å². The van der Waals surface area contributed by atoms with Crippen LogP contribution in [0.3, 0.4) is 0 Å². The standard InChI is InChI=1S/C40H23N3S2/c1-4-16-33-31(13-1)37-34(20-19-30-28-12-3-6-18-36(28)45-39(30)37)43(33)40-41-22-21-32(42-40)25-10-7-9-24(23-25)26-14-8-15-29-27-11-2-5-17-35(27)44-38(26)29/h1-23H. The Hall–Kier alpha value is -5.36. The van der Waals surface area contributed by atoms with Crippen LogP contribution in [-0.2, 0) is 0 Å². The number of para-hydroxylation sites is 1. The summed E-state index contributed by atoms with van der Waals surface area (Å²) in [6.07, 6.45) is 1.88. The van der Waals surface area contributed by atoms with E-state index in [1.165, 1.54) is 62.2 Å². The molecular formula is C40H23N3S2. The van der Waals surface area contributed by atoms with E-state index in [4.69, 9.17) is 9.97 Å². The van der Waals surface area contributed by atoms with Gasteiger partial charge in [-0.05, 0) is 47.5 Å². The zero-order chi connectivity index (χ0) is 29.5. The fourth-order valence-electron chi connectivity index (χ4n) is 6.89. The van der Waals surface area contributed by atoms with Crippen LogP contribution < -0.4 is 0 Å². The molecule has 0 aliphatic rings. The average molecular weight is 610 g/mol. The van der Waals surface area contributed by atoms with Gasteiger partial charge in [-0.3, -0.25) is 4.57 Å². The third-order valence-corrected chi connectivity index (χ3v) is 11.3. The second-order valence-corrected chi connectivity index (χ2v) is 13.5. The minimum absolute atomic E-state index is 0.677. The van der Waals surface area contributed by atoms with E-state index in [1.807, 2.05) is 34.9 Å². The second kappa shape index (κ2) is 9.57. The lowest BCUT2D eigenvalue weighted by Crippen LogP contribution is -2.01. The van der Waals surface area contributed by atoms with E-state index >= 15 is 0 Å². The molecule has 6 aromatic carbocycles. The summed E-state index contributed by atoms with van der Waals surface area (Å²) in [5.74, 6) is 0.677. The molecule has 0 spiro atoms. The van der Waals surface area contributed by atoms with E-state index in [0.29, 0.717) is 5.95 Å². The maximum atomic E-state index is 5.20. The van der Waals surface area contributed by atoms with Crippen molar-refractivity contribution in [2.24, 2.45) is 0 Å². The Labute approximate surface area is 266 Å². The van der Waals surface area contributed by atoms with Crippen LogP contribution in [0.25, 0.3) is 90.5 Å². The van der Waals surface area contributed by atoms with Crippen molar-refractivity contribution in [3.63, 3.8) is 0 Å². The monoisotopic (exact) mass is 609 g/mol. The van der Waals surface area contributed by atoms with E-state index in [0.717, 1.165) is 22.3 Å². The Balaban J connectivity index is 1.15. The number of thiophene rings is 2. The summed E-state index contributed by atoms with van der Waals surface area (Å²) in [6.45, 7) is 0. The summed E-state index contributed by atoms with van der Waals surface area (Å²) in [5.41, 5.74) is 6.65. The van der Waals surface area contributed by atoms with Gasteiger partial charge in [-0.2, -0.15) is 0 Å². The largest absolute Gasteiger partial charge is 0.278 e. The summed E-state index contributed by atoms with van der Waals surface area (Å²) in [6, 6.07) is 47.9. The molecule has 0 N–H and O–H groups in total. The summed E-state index contributed by atoms with van der Waals surface area (Å²) in [4.78, 5) is 10.0. The predicted octanol–water partition coefficient (Wildman–Crippen LogP) is 11.6. The molecule has 4 aromatic heterocycles. The number of nitrogens with zero attached hydrogens (tertiary/aromatic N) is 3. The van der Waals surface area contributed by atoms with Crippen LogP contribution in [0.4, 0.5) is 0 Å². The molecule has 0 saturated heterocycles. The average Bonchev–Trinajstić information content (AvgIpc) is 3.78. The number of rotatable bonds is 3. The minimum atomic E-state index is 0.677. The van der Waals surface area contributed by atoms with Crippen molar-refractivity contribution in [1.29, 1.82) is 0 Å². The Kier molecular flexibility index (Phi) is 5.32. The molecule has 10 rings (SSSR count). The molecule has 0 radical (unpaired) electrons. The number of hydrogen-bond donors (Lipinski definition) is 0. The van der Waals surface area contributed by atoms with Gasteiger partial charge in [-0.25, -0.2) is 9.97 Å². The van der Waals surface area contributed by atoms with E-state index in [9.17, 15) is 0 Å². The molecule has 4 heterocycles. The van der Waals surface area contributed by atoms with Gasteiger partial charge in [-0.15, -0.1) is 22.7 Å². The Morgan fingerprint density at radius 3 is 2.00 bits per heavy atom. The lowest BCUT2D eigenvalue weighted by molar-refractivity contribution is 0.992. The SMILES string of the molecule is c1cc(-c2ccnc(-n3c4ccccc4c4c5sc6ccccc6c5ccc43)n2)cc(-c2cccc3c2sc2ccccc23)c1. The first-order valence-electron chi connectivity index (χ1n) is 15.0. The van der Waals surface area contributed by atoms with Crippen LogP contribution in [0.15, 0.2) is 140 Å². The second-order valence-electron chi connectivity index (χ2n) is 11.4. The van der Waals surface area contributed by atoms with Gasteiger partial charge < -0.3 is 0 Å². The Bertz CT molecular complexity index is 2780. The molecule has 0 saturated carbocycles. The first-order valence-corrected chi connectivity index (χ1v) is 16.6. The molecule has 0 unspecified atom stereocenters. The molecule has 0 amide bonds. The van der Waals surface area contributed by atoms with Crippen LogP contribution in [0.1, 0.15) is 0 Å². The number of fused-ring (bicyclic) bond motifs is 10. The molecule has 210 valence electrons. The third kappa shape index (κ3) is 3.69. The zero-order valence-corrected chi connectivity index (χ0v) is 25.6. The molecular weight excluding hydrogens is 587 g/mol. The van der Waals surface area contributed by atoms with Crippen LogP contribution in [0.2, 0.25) is 0 Å². The lowest BCUT2D eigenvalue weighted by Gasteiger charge is -2.10. The first-order chi connectivity index (χ1) is 22.3. The fraction of sp³-hybridized carbons (Fsp3) is 0.